The lowest BCUT2D eigenvalue weighted by molar-refractivity contribution is -0.134. The van der Waals surface area contributed by atoms with E-state index in [1.54, 1.807) is 0 Å². The molecule has 0 saturated heterocycles. The number of rotatable bonds is 10. The molecule has 0 aliphatic rings. The van der Waals surface area contributed by atoms with Gasteiger partial charge in [0.15, 0.2) is 0 Å². The fourth-order valence-electron chi connectivity index (χ4n) is 2.75. The monoisotopic (exact) mass is 383 g/mol. The summed E-state index contributed by atoms with van der Waals surface area (Å²) in [5.74, 6) is 0.403. The number of allylic oxidation sites excluding steroid dienone is 1. The number of carbonyl (C=O) groups is 1. The quantitative estimate of drug-likeness (QED) is 0.487. The van der Waals surface area contributed by atoms with Crippen LogP contribution in [0.25, 0.3) is 5.57 Å². The summed E-state index contributed by atoms with van der Waals surface area (Å²) in [5, 5.41) is 13.4. The highest BCUT2D eigenvalue weighted by atomic mass is 16.5. The molecular formula is C23H29NO4. The van der Waals surface area contributed by atoms with Crippen molar-refractivity contribution in [3.63, 3.8) is 0 Å². The van der Waals surface area contributed by atoms with Gasteiger partial charge >= 0.3 is 5.97 Å². The Morgan fingerprint density at radius 3 is 2.46 bits per heavy atom. The molecule has 0 amide bonds. The maximum absolute atomic E-state index is 11.3. The lowest BCUT2D eigenvalue weighted by Gasteiger charge is -2.18. The molecule has 28 heavy (non-hydrogen) atoms. The third kappa shape index (κ3) is 7.55. The SMILES string of the molecule is COC(=O)/C=C(\C)c1ccc(C[C@@H](C)NCC(O)COc2ccccc2)cc1. The fourth-order valence-corrected chi connectivity index (χ4v) is 2.75. The molecule has 5 heteroatoms. The first-order valence-electron chi connectivity index (χ1n) is 9.42. The van der Waals surface area contributed by atoms with Crippen molar-refractivity contribution in [3.05, 3.63) is 71.8 Å². The highest BCUT2D eigenvalue weighted by Gasteiger charge is 2.09. The van der Waals surface area contributed by atoms with E-state index >= 15 is 0 Å². The largest absolute Gasteiger partial charge is 0.491 e. The standard InChI is InChI=1S/C23H29NO4/c1-17(13-23(26)27-3)20-11-9-19(10-12-20)14-18(2)24-15-21(25)16-28-22-7-5-4-6-8-22/h4-13,18,21,24-25H,14-16H2,1-3H3/b17-13+/t18-,21?/m1/s1. The van der Waals surface area contributed by atoms with E-state index in [2.05, 4.69) is 29.1 Å². The molecule has 2 rings (SSSR count). The number of hydrogen-bond acceptors (Lipinski definition) is 5. The van der Waals surface area contributed by atoms with Gasteiger partial charge in [-0.25, -0.2) is 4.79 Å². The molecule has 2 aromatic rings. The summed E-state index contributed by atoms with van der Waals surface area (Å²) >= 11 is 0. The van der Waals surface area contributed by atoms with Crippen LogP contribution in [0.15, 0.2) is 60.7 Å². The molecule has 0 fully saturated rings. The van der Waals surface area contributed by atoms with Crippen LogP contribution in [0.2, 0.25) is 0 Å². The summed E-state index contributed by atoms with van der Waals surface area (Å²) in [6, 6.07) is 17.8. The smallest absolute Gasteiger partial charge is 0.330 e. The molecule has 5 nitrogen and oxygen atoms in total. The molecule has 0 aliphatic carbocycles. The molecule has 2 N–H and O–H groups in total. The number of aliphatic hydroxyl groups is 1. The molecular weight excluding hydrogens is 354 g/mol. The first-order chi connectivity index (χ1) is 13.5. The van der Waals surface area contributed by atoms with E-state index in [-0.39, 0.29) is 18.6 Å². The van der Waals surface area contributed by atoms with Gasteiger partial charge in [-0.3, -0.25) is 0 Å². The van der Waals surface area contributed by atoms with E-state index in [4.69, 9.17) is 4.74 Å². The Morgan fingerprint density at radius 1 is 1.14 bits per heavy atom. The van der Waals surface area contributed by atoms with E-state index in [0.717, 1.165) is 23.3 Å². The fraction of sp³-hybridized carbons (Fsp3) is 0.348. The average Bonchev–Trinajstić information content (AvgIpc) is 2.71. The van der Waals surface area contributed by atoms with E-state index in [1.165, 1.54) is 18.7 Å². The predicted molar refractivity (Wildman–Crippen MR) is 111 cm³/mol. The zero-order valence-electron chi connectivity index (χ0n) is 16.7. The molecule has 1 unspecified atom stereocenters. The van der Waals surface area contributed by atoms with Crippen LogP contribution in [-0.2, 0) is 16.0 Å². The molecule has 0 spiro atoms. The van der Waals surface area contributed by atoms with Crippen molar-refractivity contribution in [1.82, 2.24) is 5.32 Å². The van der Waals surface area contributed by atoms with Gasteiger partial charge in [0.2, 0.25) is 0 Å². The lowest BCUT2D eigenvalue weighted by Crippen LogP contribution is -2.37. The predicted octanol–water partition coefficient (Wildman–Crippen LogP) is 3.22. The lowest BCUT2D eigenvalue weighted by atomic mass is 10.0. The van der Waals surface area contributed by atoms with Gasteiger partial charge in [-0.2, -0.15) is 0 Å². The molecule has 0 aliphatic heterocycles. The Hall–Kier alpha value is -2.63. The number of para-hydroxylation sites is 1. The maximum Gasteiger partial charge on any atom is 0.330 e. The van der Waals surface area contributed by atoms with Crippen LogP contribution in [0.4, 0.5) is 0 Å². The van der Waals surface area contributed by atoms with Crippen LogP contribution in [0.5, 0.6) is 5.75 Å². The minimum atomic E-state index is -0.573. The number of aliphatic hydroxyl groups excluding tert-OH is 1. The van der Waals surface area contributed by atoms with Crippen LogP contribution in [-0.4, -0.2) is 43.5 Å². The second-order valence-electron chi connectivity index (χ2n) is 6.84. The van der Waals surface area contributed by atoms with Crippen molar-refractivity contribution in [1.29, 1.82) is 0 Å². The summed E-state index contributed by atoms with van der Waals surface area (Å²) in [6.07, 6.45) is 1.75. The Kier molecular flexibility index (Phi) is 8.72. The van der Waals surface area contributed by atoms with Gasteiger partial charge in [-0.05, 0) is 49.1 Å². The van der Waals surface area contributed by atoms with Crippen molar-refractivity contribution in [2.24, 2.45) is 0 Å². The number of hydrogen-bond donors (Lipinski definition) is 2. The summed E-state index contributed by atoms with van der Waals surface area (Å²) in [7, 11) is 1.37. The van der Waals surface area contributed by atoms with Crippen LogP contribution >= 0.6 is 0 Å². The van der Waals surface area contributed by atoms with Gasteiger partial charge in [0.05, 0.1) is 7.11 Å². The van der Waals surface area contributed by atoms with Crippen LogP contribution in [0.1, 0.15) is 25.0 Å². The second kappa shape index (κ2) is 11.3. The van der Waals surface area contributed by atoms with E-state index in [0.29, 0.717) is 6.54 Å². The zero-order valence-corrected chi connectivity index (χ0v) is 16.7. The van der Waals surface area contributed by atoms with E-state index < -0.39 is 6.10 Å². The topological polar surface area (TPSA) is 67.8 Å². The molecule has 2 aromatic carbocycles. The van der Waals surface area contributed by atoms with Crippen molar-refractivity contribution >= 4 is 11.5 Å². The van der Waals surface area contributed by atoms with Gasteiger partial charge in [0.25, 0.3) is 0 Å². The van der Waals surface area contributed by atoms with Crippen LogP contribution in [0, 0.1) is 0 Å². The third-order valence-electron chi connectivity index (χ3n) is 4.37. The van der Waals surface area contributed by atoms with Crippen molar-refractivity contribution < 1.29 is 19.4 Å². The summed E-state index contributed by atoms with van der Waals surface area (Å²) in [4.78, 5) is 11.3. The maximum atomic E-state index is 11.3. The Balaban J connectivity index is 1.75. The minimum absolute atomic E-state index is 0.212. The number of methoxy groups -OCH3 is 1. The van der Waals surface area contributed by atoms with E-state index in [1.807, 2.05) is 49.4 Å². The Morgan fingerprint density at radius 2 is 1.82 bits per heavy atom. The molecule has 150 valence electrons. The van der Waals surface area contributed by atoms with Crippen LogP contribution < -0.4 is 10.1 Å². The van der Waals surface area contributed by atoms with Crippen molar-refractivity contribution in [3.8, 4) is 5.75 Å². The minimum Gasteiger partial charge on any atom is -0.491 e. The molecule has 0 bridgehead atoms. The number of ether oxygens (including phenoxy) is 2. The first kappa shape index (κ1) is 21.7. The zero-order chi connectivity index (χ0) is 20.4. The average molecular weight is 383 g/mol. The molecule has 0 radical (unpaired) electrons. The first-order valence-corrected chi connectivity index (χ1v) is 9.42. The van der Waals surface area contributed by atoms with Gasteiger partial charge in [-0.1, -0.05) is 42.5 Å². The third-order valence-corrected chi connectivity index (χ3v) is 4.37. The Bertz CT molecular complexity index is 756. The number of esters is 1. The van der Waals surface area contributed by atoms with Gasteiger partial charge < -0.3 is 19.9 Å². The normalized spacial score (nSPS) is 13.6. The Labute approximate surface area is 167 Å². The summed E-state index contributed by atoms with van der Waals surface area (Å²) in [6.45, 7) is 4.69. The molecule has 0 aromatic heterocycles. The number of benzene rings is 2. The summed E-state index contributed by atoms with van der Waals surface area (Å²) < 4.78 is 10.2. The number of carbonyl (C=O) groups excluding carboxylic acids is 1. The molecule has 0 saturated carbocycles. The highest BCUT2D eigenvalue weighted by Crippen LogP contribution is 2.15. The van der Waals surface area contributed by atoms with Crippen molar-refractivity contribution in [2.45, 2.75) is 32.4 Å². The highest BCUT2D eigenvalue weighted by molar-refractivity contribution is 5.90. The second-order valence-corrected chi connectivity index (χ2v) is 6.84. The number of nitrogens with one attached hydrogen (secondary N) is 1. The van der Waals surface area contributed by atoms with Gasteiger partial charge in [0.1, 0.15) is 18.5 Å². The molecule has 0 heterocycles. The van der Waals surface area contributed by atoms with Crippen molar-refractivity contribution in [2.75, 3.05) is 20.3 Å². The van der Waals surface area contributed by atoms with Gasteiger partial charge in [0, 0.05) is 18.7 Å². The van der Waals surface area contributed by atoms with E-state index in [9.17, 15) is 9.90 Å². The molecule has 2 atom stereocenters. The van der Waals surface area contributed by atoms with Gasteiger partial charge in [-0.15, -0.1) is 0 Å². The van der Waals surface area contributed by atoms with Crippen LogP contribution in [0.3, 0.4) is 0 Å². The summed E-state index contributed by atoms with van der Waals surface area (Å²) in [5.41, 5.74) is 3.04.